The van der Waals surface area contributed by atoms with Crippen LogP contribution in [0, 0.1) is 0 Å². The topological polar surface area (TPSA) is 57.1 Å². The van der Waals surface area contributed by atoms with E-state index < -0.39 is 5.97 Å². The third kappa shape index (κ3) is 5.32. The first-order chi connectivity index (χ1) is 16.2. The molecule has 0 spiro atoms. The lowest BCUT2D eigenvalue weighted by atomic mass is 9.87. The van der Waals surface area contributed by atoms with E-state index in [0.717, 1.165) is 16.7 Å². The smallest absolute Gasteiger partial charge is 0.363 e. The molecule has 174 valence electrons. The van der Waals surface area contributed by atoms with E-state index in [1.807, 2.05) is 54.6 Å². The normalized spacial score (nSPS) is 14.7. The van der Waals surface area contributed by atoms with Gasteiger partial charge >= 0.3 is 5.97 Å². The lowest BCUT2D eigenvalue weighted by molar-refractivity contribution is -0.129. The summed E-state index contributed by atoms with van der Waals surface area (Å²) in [4.78, 5) is 16.8. The molecule has 0 radical (unpaired) electrons. The number of methoxy groups -OCH3 is 1. The lowest BCUT2D eigenvalue weighted by Crippen LogP contribution is -2.11. The zero-order valence-electron chi connectivity index (χ0n) is 19.6. The summed E-state index contributed by atoms with van der Waals surface area (Å²) in [6.45, 7) is 6.76. The highest BCUT2D eigenvalue weighted by molar-refractivity contribution is 6.31. The molecule has 3 aromatic carbocycles. The summed E-state index contributed by atoms with van der Waals surface area (Å²) in [5.41, 5.74) is 3.83. The molecule has 0 atom stereocenters. The van der Waals surface area contributed by atoms with Crippen LogP contribution in [0.15, 0.2) is 77.4 Å². The van der Waals surface area contributed by atoms with Crippen LogP contribution in [0.2, 0.25) is 5.02 Å². The Labute approximate surface area is 204 Å². The molecule has 0 fully saturated rings. The molecular formula is C28H26ClNO4. The number of aliphatic imine (C=N–C) groups is 1. The van der Waals surface area contributed by atoms with Crippen molar-refractivity contribution in [1.82, 2.24) is 0 Å². The lowest BCUT2D eigenvalue weighted by Gasteiger charge is -2.18. The summed E-state index contributed by atoms with van der Waals surface area (Å²) in [5, 5.41) is 0.643. The first kappa shape index (κ1) is 23.6. The van der Waals surface area contributed by atoms with Gasteiger partial charge in [0.25, 0.3) is 0 Å². The SMILES string of the molecule is COc1cc(C=C2N=C(c3ccc(C(C)(C)C)cc3)OC2=O)ccc1OCc1ccccc1Cl. The number of carbonyl (C=O) groups is 1. The van der Waals surface area contributed by atoms with Crippen molar-refractivity contribution in [3.05, 3.63) is 99.7 Å². The predicted octanol–water partition coefficient (Wildman–Crippen LogP) is 6.57. The van der Waals surface area contributed by atoms with Gasteiger partial charge in [-0.2, -0.15) is 0 Å². The fourth-order valence-electron chi connectivity index (χ4n) is 3.47. The van der Waals surface area contributed by atoms with Gasteiger partial charge in [-0.3, -0.25) is 0 Å². The van der Waals surface area contributed by atoms with Crippen molar-refractivity contribution in [3.8, 4) is 11.5 Å². The van der Waals surface area contributed by atoms with E-state index in [9.17, 15) is 4.79 Å². The Morgan fingerprint density at radius 2 is 1.74 bits per heavy atom. The molecule has 6 heteroatoms. The Morgan fingerprint density at radius 3 is 2.41 bits per heavy atom. The van der Waals surface area contributed by atoms with Gasteiger partial charge in [-0.25, -0.2) is 9.79 Å². The maximum atomic E-state index is 12.4. The third-order valence-electron chi connectivity index (χ3n) is 5.45. The van der Waals surface area contributed by atoms with Crippen molar-refractivity contribution >= 4 is 29.5 Å². The van der Waals surface area contributed by atoms with Gasteiger partial charge < -0.3 is 14.2 Å². The third-order valence-corrected chi connectivity index (χ3v) is 5.82. The number of hydrogen-bond acceptors (Lipinski definition) is 5. The fourth-order valence-corrected chi connectivity index (χ4v) is 3.66. The van der Waals surface area contributed by atoms with E-state index in [1.54, 1.807) is 25.3 Å². The van der Waals surface area contributed by atoms with Gasteiger partial charge in [0.05, 0.1) is 7.11 Å². The van der Waals surface area contributed by atoms with Crippen LogP contribution < -0.4 is 9.47 Å². The zero-order chi connectivity index (χ0) is 24.3. The molecule has 0 unspecified atom stereocenters. The Morgan fingerprint density at radius 1 is 1.00 bits per heavy atom. The zero-order valence-corrected chi connectivity index (χ0v) is 20.3. The maximum Gasteiger partial charge on any atom is 0.363 e. The van der Waals surface area contributed by atoms with Gasteiger partial charge in [0.1, 0.15) is 6.61 Å². The number of cyclic esters (lactones) is 1. The molecule has 0 saturated carbocycles. The largest absolute Gasteiger partial charge is 0.493 e. The molecule has 0 aliphatic carbocycles. The van der Waals surface area contributed by atoms with Crippen molar-refractivity contribution in [1.29, 1.82) is 0 Å². The van der Waals surface area contributed by atoms with Crippen LogP contribution in [0.4, 0.5) is 0 Å². The van der Waals surface area contributed by atoms with Crippen molar-refractivity contribution in [2.45, 2.75) is 32.8 Å². The fraction of sp³-hybridized carbons (Fsp3) is 0.214. The molecule has 4 rings (SSSR count). The first-order valence-corrected chi connectivity index (χ1v) is 11.3. The summed E-state index contributed by atoms with van der Waals surface area (Å²) < 4.78 is 16.8. The van der Waals surface area contributed by atoms with Crippen LogP contribution in [-0.4, -0.2) is 19.0 Å². The van der Waals surface area contributed by atoms with Crippen LogP contribution >= 0.6 is 11.6 Å². The number of rotatable bonds is 6. The molecule has 0 saturated heterocycles. The number of esters is 1. The Balaban J connectivity index is 1.53. The maximum absolute atomic E-state index is 12.4. The van der Waals surface area contributed by atoms with Gasteiger partial charge in [0, 0.05) is 16.1 Å². The molecule has 3 aromatic rings. The first-order valence-electron chi connectivity index (χ1n) is 10.9. The predicted molar refractivity (Wildman–Crippen MR) is 135 cm³/mol. The highest BCUT2D eigenvalue weighted by Gasteiger charge is 2.25. The summed E-state index contributed by atoms with van der Waals surface area (Å²) in [6, 6.07) is 20.8. The van der Waals surface area contributed by atoms with Crippen LogP contribution in [-0.2, 0) is 21.6 Å². The Bertz CT molecular complexity index is 1270. The van der Waals surface area contributed by atoms with Gasteiger partial charge in [0.15, 0.2) is 17.2 Å². The van der Waals surface area contributed by atoms with Crippen molar-refractivity contribution in [2.24, 2.45) is 4.99 Å². The van der Waals surface area contributed by atoms with E-state index in [4.69, 9.17) is 25.8 Å². The number of halogens is 1. The van der Waals surface area contributed by atoms with Crippen LogP contribution in [0.1, 0.15) is 43.0 Å². The molecule has 1 aliphatic heterocycles. The number of ether oxygens (including phenoxy) is 3. The summed E-state index contributed by atoms with van der Waals surface area (Å²) in [5.74, 6) is 0.910. The molecule has 34 heavy (non-hydrogen) atoms. The standard InChI is InChI=1S/C28H26ClNO4/c1-28(2,3)21-12-10-19(11-13-21)26-30-23(27(31)34-26)15-18-9-14-24(25(16-18)32-4)33-17-20-7-5-6-8-22(20)29/h5-16H,17H2,1-4H3. The molecule has 0 aromatic heterocycles. The van der Waals surface area contributed by atoms with Crippen molar-refractivity contribution in [3.63, 3.8) is 0 Å². The quantitative estimate of drug-likeness (QED) is 0.299. The van der Waals surface area contributed by atoms with E-state index in [-0.39, 0.29) is 11.1 Å². The van der Waals surface area contributed by atoms with Crippen molar-refractivity contribution in [2.75, 3.05) is 7.11 Å². The highest BCUT2D eigenvalue weighted by atomic mass is 35.5. The van der Waals surface area contributed by atoms with Gasteiger partial charge in [0.2, 0.25) is 5.90 Å². The molecule has 0 N–H and O–H groups in total. The molecular weight excluding hydrogens is 450 g/mol. The number of benzene rings is 3. The molecule has 0 bridgehead atoms. The minimum Gasteiger partial charge on any atom is -0.493 e. The molecule has 5 nitrogen and oxygen atoms in total. The minimum atomic E-state index is -0.493. The van der Waals surface area contributed by atoms with Crippen LogP contribution in [0.25, 0.3) is 6.08 Å². The second kappa shape index (κ2) is 9.74. The highest BCUT2D eigenvalue weighted by Crippen LogP contribution is 2.31. The summed E-state index contributed by atoms with van der Waals surface area (Å²) in [6.07, 6.45) is 1.67. The van der Waals surface area contributed by atoms with Gasteiger partial charge in [-0.1, -0.05) is 68.8 Å². The second-order valence-electron chi connectivity index (χ2n) is 8.95. The van der Waals surface area contributed by atoms with Crippen LogP contribution in [0.3, 0.4) is 0 Å². The van der Waals surface area contributed by atoms with Crippen LogP contribution in [0.5, 0.6) is 11.5 Å². The molecule has 1 aliphatic rings. The van der Waals surface area contributed by atoms with E-state index in [1.165, 1.54) is 5.56 Å². The number of nitrogens with zero attached hydrogens (tertiary/aromatic N) is 1. The molecule has 0 amide bonds. The van der Waals surface area contributed by atoms with Gasteiger partial charge in [-0.15, -0.1) is 0 Å². The Kier molecular flexibility index (Phi) is 6.75. The van der Waals surface area contributed by atoms with Crippen molar-refractivity contribution < 1.29 is 19.0 Å². The average Bonchev–Trinajstić information content (AvgIpc) is 3.18. The summed E-state index contributed by atoms with van der Waals surface area (Å²) in [7, 11) is 1.57. The monoisotopic (exact) mass is 475 g/mol. The summed E-state index contributed by atoms with van der Waals surface area (Å²) >= 11 is 6.21. The Hall–Kier alpha value is -3.57. The average molecular weight is 476 g/mol. The van der Waals surface area contributed by atoms with E-state index in [0.29, 0.717) is 29.0 Å². The minimum absolute atomic E-state index is 0.0417. The van der Waals surface area contributed by atoms with E-state index in [2.05, 4.69) is 25.8 Å². The second-order valence-corrected chi connectivity index (χ2v) is 9.36. The van der Waals surface area contributed by atoms with Gasteiger partial charge in [-0.05, 0) is 52.9 Å². The van der Waals surface area contributed by atoms with E-state index >= 15 is 0 Å². The number of carbonyl (C=O) groups excluding carboxylic acids is 1. The molecule has 1 heterocycles. The number of hydrogen-bond donors (Lipinski definition) is 0.